The Balaban J connectivity index is 1.85. The number of benzene rings is 2. The van der Waals surface area contributed by atoms with Crippen LogP contribution in [-0.4, -0.2) is 13.1 Å². The van der Waals surface area contributed by atoms with Gasteiger partial charge in [0, 0.05) is 10.5 Å². The summed E-state index contributed by atoms with van der Waals surface area (Å²) < 4.78 is 14.0. The predicted octanol–water partition coefficient (Wildman–Crippen LogP) is 4.74. The largest absolute Gasteiger partial charge is 0.317 e. The third-order valence-corrected chi connectivity index (χ3v) is 4.49. The Morgan fingerprint density at radius 3 is 2.57 bits per heavy atom. The molecule has 0 aliphatic heterocycles. The normalized spacial score (nSPS) is 12.3. The molecule has 0 saturated carbocycles. The van der Waals surface area contributed by atoms with Crippen LogP contribution in [0.3, 0.4) is 0 Å². The minimum atomic E-state index is -0.198. The minimum absolute atomic E-state index is 0.198. The van der Waals surface area contributed by atoms with E-state index in [4.69, 9.17) is 0 Å². The molecule has 0 aliphatic rings. The van der Waals surface area contributed by atoms with Gasteiger partial charge in [-0.15, -0.1) is 0 Å². The minimum Gasteiger partial charge on any atom is -0.317 e. The lowest BCUT2D eigenvalue weighted by atomic mass is 9.99. The second-order valence-corrected chi connectivity index (χ2v) is 6.16. The van der Waals surface area contributed by atoms with E-state index in [1.165, 1.54) is 17.7 Å². The standard InChI is InChI=1S/C18H21BrFN/c1-21-17(9-5-8-14-6-3-2-4-7-14)12-15-10-11-16(20)13-18(15)19/h2-4,6-7,10-11,13,17,21H,5,8-9,12H2,1H3. The monoisotopic (exact) mass is 349 g/mol. The SMILES string of the molecule is CNC(CCCc1ccccc1)Cc1ccc(F)cc1Br. The van der Waals surface area contributed by atoms with Gasteiger partial charge in [-0.2, -0.15) is 0 Å². The number of halogens is 2. The lowest BCUT2D eigenvalue weighted by Crippen LogP contribution is -2.27. The lowest BCUT2D eigenvalue weighted by Gasteiger charge is -2.17. The van der Waals surface area contributed by atoms with Crippen LogP contribution in [0.4, 0.5) is 4.39 Å². The topological polar surface area (TPSA) is 12.0 Å². The molecule has 3 heteroatoms. The fourth-order valence-electron chi connectivity index (χ4n) is 2.50. The molecular formula is C18H21BrFN. The summed E-state index contributed by atoms with van der Waals surface area (Å²) in [6, 6.07) is 15.9. The maximum absolute atomic E-state index is 13.1. The third kappa shape index (κ3) is 5.25. The number of aryl methyl sites for hydroxylation is 1. The van der Waals surface area contributed by atoms with Crippen LogP contribution in [-0.2, 0) is 12.8 Å². The molecule has 0 saturated heterocycles. The molecule has 1 nitrogen and oxygen atoms in total. The van der Waals surface area contributed by atoms with Gasteiger partial charge in [-0.1, -0.05) is 52.3 Å². The van der Waals surface area contributed by atoms with Crippen molar-refractivity contribution in [2.45, 2.75) is 31.7 Å². The third-order valence-electron chi connectivity index (χ3n) is 3.75. The molecule has 0 aliphatic carbocycles. The van der Waals surface area contributed by atoms with Gasteiger partial charge in [0.05, 0.1) is 0 Å². The average Bonchev–Trinajstić information content (AvgIpc) is 2.49. The molecule has 21 heavy (non-hydrogen) atoms. The van der Waals surface area contributed by atoms with E-state index in [0.29, 0.717) is 6.04 Å². The molecule has 2 aromatic carbocycles. The molecule has 0 fully saturated rings. The van der Waals surface area contributed by atoms with Crippen molar-refractivity contribution in [3.63, 3.8) is 0 Å². The highest BCUT2D eigenvalue weighted by atomic mass is 79.9. The zero-order chi connectivity index (χ0) is 15.1. The Labute approximate surface area is 134 Å². The van der Waals surface area contributed by atoms with Gasteiger partial charge in [-0.05, 0) is 56.0 Å². The summed E-state index contributed by atoms with van der Waals surface area (Å²) in [5.41, 5.74) is 2.53. The molecule has 0 heterocycles. The van der Waals surface area contributed by atoms with Crippen LogP contribution in [0.5, 0.6) is 0 Å². The van der Waals surface area contributed by atoms with E-state index in [-0.39, 0.29) is 5.82 Å². The molecule has 0 amide bonds. The lowest BCUT2D eigenvalue weighted by molar-refractivity contribution is 0.501. The molecule has 0 spiro atoms. The van der Waals surface area contributed by atoms with E-state index in [9.17, 15) is 4.39 Å². The van der Waals surface area contributed by atoms with Gasteiger partial charge >= 0.3 is 0 Å². The average molecular weight is 350 g/mol. The van der Waals surface area contributed by atoms with Gasteiger partial charge < -0.3 is 5.32 Å². The van der Waals surface area contributed by atoms with Crippen molar-refractivity contribution in [2.24, 2.45) is 0 Å². The van der Waals surface area contributed by atoms with E-state index in [0.717, 1.165) is 35.7 Å². The summed E-state index contributed by atoms with van der Waals surface area (Å²) in [5, 5.41) is 3.36. The number of hydrogen-bond acceptors (Lipinski definition) is 1. The number of nitrogens with one attached hydrogen (secondary N) is 1. The summed E-state index contributed by atoms with van der Waals surface area (Å²) >= 11 is 3.44. The van der Waals surface area contributed by atoms with Crippen molar-refractivity contribution >= 4 is 15.9 Å². The van der Waals surface area contributed by atoms with E-state index in [1.54, 1.807) is 0 Å². The van der Waals surface area contributed by atoms with Gasteiger partial charge in [0.15, 0.2) is 0 Å². The van der Waals surface area contributed by atoms with Crippen LogP contribution < -0.4 is 5.32 Å². The number of rotatable bonds is 7. The molecule has 0 aromatic heterocycles. The summed E-state index contributed by atoms with van der Waals surface area (Å²) in [5.74, 6) is -0.198. The van der Waals surface area contributed by atoms with Gasteiger partial charge in [-0.3, -0.25) is 0 Å². The van der Waals surface area contributed by atoms with Crippen molar-refractivity contribution < 1.29 is 4.39 Å². The number of hydrogen-bond donors (Lipinski definition) is 1. The van der Waals surface area contributed by atoms with E-state index >= 15 is 0 Å². The van der Waals surface area contributed by atoms with Crippen molar-refractivity contribution in [1.29, 1.82) is 0 Å². The summed E-state index contributed by atoms with van der Waals surface area (Å²) in [4.78, 5) is 0. The van der Waals surface area contributed by atoms with E-state index < -0.39 is 0 Å². The molecule has 1 atom stereocenters. The van der Waals surface area contributed by atoms with Crippen molar-refractivity contribution in [3.8, 4) is 0 Å². The predicted molar refractivity (Wildman–Crippen MR) is 90.0 cm³/mol. The Hall–Kier alpha value is -1.19. The molecule has 0 radical (unpaired) electrons. The zero-order valence-corrected chi connectivity index (χ0v) is 13.9. The molecule has 1 unspecified atom stereocenters. The van der Waals surface area contributed by atoms with Crippen LogP contribution in [0.15, 0.2) is 53.0 Å². The number of likely N-dealkylation sites (N-methyl/N-ethyl adjacent to an activating group) is 1. The highest BCUT2D eigenvalue weighted by Crippen LogP contribution is 2.20. The van der Waals surface area contributed by atoms with E-state index in [2.05, 4.69) is 45.5 Å². The van der Waals surface area contributed by atoms with Crippen LogP contribution >= 0.6 is 15.9 Å². The zero-order valence-electron chi connectivity index (χ0n) is 12.3. The summed E-state index contributed by atoms with van der Waals surface area (Å²) in [6.07, 6.45) is 4.26. The Bertz CT molecular complexity index is 556. The first-order valence-corrected chi connectivity index (χ1v) is 8.13. The van der Waals surface area contributed by atoms with Gasteiger partial charge in [0.2, 0.25) is 0 Å². The Morgan fingerprint density at radius 2 is 1.90 bits per heavy atom. The first-order valence-electron chi connectivity index (χ1n) is 7.34. The molecular weight excluding hydrogens is 329 g/mol. The molecule has 0 bridgehead atoms. The van der Waals surface area contributed by atoms with Gasteiger partial charge in [0.1, 0.15) is 5.82 Å². The summed E-state index contributed by atoms with van der Waals surface area (Å²) in [6.45, 7) is 0. The second-order valence-electron chi connectivity index (χ2n) is 5.30. The maximum atomic E-state index is 13.1. The first kappa shape index (κ1) is 16.2. The summed E-state index contributed by atoms with van der Waals surface area (Å²) in [7, 11) is 1.99. The molecule has 112 valence electrons. The molecule has 2 aromatic rings. The van der Waals surface area contributed by atoms with Crippen molar-refractivity contribution in [1.82, 2.24) is 5.32 Å². The molecule has 1 N–H and O–H groups in total. The highest BCUT2D eigenvalue weighted by Gasteiger charge is 2.10. The Morgan fingerprint density at radius 1 is 1.14 bits per heavy atom. The van der Waals surface area contributed by atoms with Crippen molar-refractivity contribution in [2.75, 3.05) is 7.05 Å². The molecule has 2 rings (SSSR count). The quantitative estimate of drug-likeness (QED) is 0.760. The van der Waals surface area contributed by atoms with Gasteiger partial charge in [-0.25, -0.2) is 4.39 Å². The van der Waals surface area contributed by atoms with Crippen molar-refractivity contribution in [3.05, 3.63) is 69.9 Å². The van der Waals surface area contributed by atoms with Crippen LogP contribution in [0.1, 0.15) is 24.0 Å². The highest BCUT2D eigenvalue weighted by molar-refractivity contribution is 9.10. The van der Waals surface area contributed by atoms with Gasteiger partial charge in [0.25, 0.3) is 0 Å². The van der Waals surface area contributed by atoms with Crippen LogP contribution in [0, 0.1) is 5.82 Å². The Kier molecular flexibility index (Phi) is 6.40. The fourth-order valence-corrected chi connectivity index (χ4v) is 3.01. The van der Waals surface area contributed by atoms with Crippen LogP contribution in [0.2, 0.25) is 0 Å². The van der Waals surface area contributed by atoms with Crippen LogP contribution in [0.25, 0.3) is 0 Å². The van der Waals surface area contributed by atoms with E-state index in [1.807, 2.05) is 19.2 Å². The fraction of sp³-hybridized carbons (Fsp3) is 0.333. The smallest absolute Gasteiger partial charge is 0.124 e. The maximum Gasteiger partial charge on any atom is 0.124 e. The first-order chi connectivity index (χ1) is 10.2. The second kappa shape index (κ2) is 8.30.